The van der Waals surface area contributed by atoms with Gasteiger partial charge in [0.15, 0.2) is 11.5 Å². The monoisotopic (exact) mass is 265 g/mol. The summed E-state index contributed by atoms with van der Waals surface area (Å²) in [5, 5.41) is 3.30. The lowest BCUT2D eigenvalue weighted by molar-refractivity contribution is 0.236. The summed E-state index contributed by atoms with van der Waals surface area (Å²) in [5.74, 6) is 2.13. The van der Waals surface area contributed by atoms with E-state index < -0.39 is 0 Å². The van der Waals surface area contributed by atoms with Crippen molar-refractivity contribution in [2.24, 2.45) is 0 Å². The quantitative estimate of drug-likeness (QED) is 0.857. The molecule has 0 bridgehead atoms. The van der Waals surface area contributed by atoms with E-state index in [0.29, 0.717) is 5.75 Å². The van der Waals surface area contributed by atoms with Gasteiger partial charge >= 0.3 is 0 Å². The molecule has 19 heavy (non-hydrogen) atoms. The van der Waals surface area contributed by atoms with Crippen LogP contribution in [0.5, 0.6) is 17.2 Å². The second-order valence-electron chi connectivity index (χ2n) is 5.08. The lowest BCUT2D eigenvalue weighted by atomic mass is 9.64. The zero-order chi connectivity index (χ0) is 13.9. The molecular formula is C15H23NO3. The highest BCUT2D eigenvalue weighted by Crippen LogP contribution is 2.48. The zero-order valence-electron chi connectivity index (χ0n) is 12.2. The van der Waals surface area contributed by atoms with Crippen molar-refractivity contribution in [3.05, 3.63) is 17.7 Å². The highest BCUT2D eigenvalue weighted by molar-refractivity contribution is 5.55. The second-order valence-corrected chi connectivity index (χ2v) is 5.08. The van der Waals surface area contributed by atoms with Gasteiger partial charge in [-0.25, -0.2) is 0 Å². The normalized spacial score (nSPS) is 16.6. The number of rotatable bonds is 6. The van der Waals surface area contributed by atoms with Crippen molar-refractivity contribution in [1.82, 2.24) is 5.32 Å². The molecule has 1 N–H and O–H groups in total. The summed E-state index contributed by atoms with van der Waals surface area (Å²) in [6.07, 6.45) is 3.68. The van der Waals surface area contributed by atoms with Crippen LogP contribution in [0.1, 0.15) is 24.8 Å². The summed E-state index contributed by atoms with van der Waals surface area (Å²) < 4.78 is 16.2. The van der Waals surface area contributed by atoms with Gasteiger partial charge in [0.05, 0.1) is 21.3 Å². The number of methoxy groups -OCH3 is 3. The van der Waals surface area contributed by atoms with Crippen LogP contribution in [0.25, 0.3) is 0 Å². The van der Waals surface area contributed by atoms with Crippen LogP contribution in [-0.4, -0.2) is 34.9 Å². The molecule has 4 nitrogen and oxygen atoms in total. The Bertz CT molecular complexity index is 416. The minimum atomic E-state index is 0.210. The lowest BCUT2D eigenvalue weighted by Crippen LogP contribution is -2.42. The Kier molecular flexibility index (Phi) is 4.20. The van der Waals surface area contributed by atoms with E-state index in [-0.39, 0.29) is 5.41 Å². The number of likely N-dealkylation sites (N-methyl/N-ethyl adjacent to an activating group) is 1. The first kappa shape index (κ1) is 14.0. The molecule has 0 spiro atoms. The average Bonchev–Trinajstić information content (AvgIpc) is 2.41. The van der Waals surface area contributed by atoms with Gasteiger partial charge in [0, 0.05) is 12.0 Å². The van der Waals surface area contributed by atoms with Gasteiger partial charge in [-0.15, -0.1) is 0 Å². The van der Waals surface area contributed by atoms with E-state index in [0.717, 1.165) is 18.0 Å². The second kappa shape index (κ2) is 5.70. The number of benzene rings is 1. The molecule has 0 heterocycles. The molecule has 0 amide bonds. The third-order valence-electron chi connectivity index (χ3n) is 4.10. The van der Waals surface area contributed by atoms with Gasteiger partial charge in [0.1, 0.15) is 0 Å². The van der Waals surface area contributed by atoms with E-state index >= 15 is 0 Å². The molecule has 1 aliphatic carbocycles. The Balaban J connectivity index is 2.46. The maximum atomic E-state index is 5.44. The van der Waals surface area contributed by atoms with Crippen molar-refractivity contribution < 1.29 is 14.2 Å². The van der Waals surface area contributed by atoms with Crippen LogP contribution in [0.2, 0.25) is 0 Å². The van der Waals surface area contributed by atoms with Crippen LogP contribution in [0.15, 0.2) is 12.1 Å². The average molecular weight is 265 g/mol. The molecule has 1 aliphatic rings. The smallest absolute Gasteiger partial charge is 0.203 e. The molecule has 2 rings (SSSR count). The van der Waals surface area contributed by atoms with E-state index in [4.69, 9.17) is 14.2 Å². The molecule has 0 radical (unpaired) electrons. The minimum Gasteiger partial charge on any atom is -0.493 e. The lowest BCUT2D eigenvalue weighted by Gasteiger charge is -2.42. The van der Waals surface area contributed by atoms with Crippen molar-refractivity contribution in [2.45, 2.75) is 24.7 Å². The topological polar surface area (TPSA) is 39.7 Å². The number of nitrogens with one attached hydrogen (secondary N) is 1. The molecule has 106 valence electrons. The van der Waals surface area contributed by atoms with Crippen LogP contribution >= 0.6 is 0 Å². The Morgan fingerprint density at radius 1 is 1.05 bits per heavy atom. The largest absolute Gasteiger partial charge is 0.493 e. The number of ether oxygens (including phenoxy) is 3. The van der Waals surface area contributed by atoms with Crippen LogP contribution in [0, 0.1) is 0 Å². The van der Waals surface area contributed by atoms with Gasteiger partial charge in [-0.1, -0.05) is 6.42 Å². The predicted octanol–water partition coefficient (Wildman–Crippen LogP) is 2.35. The fourth-order valence-electron chi connectivity index (χ4n) is 2.90. The minimum absolute atomic E-state index is 0.210. The Labute approximate surface area is 115 Å². The predicted molar refractivity (Wildman–Crippen MR) is 75.6 cm³/mol. The SMILES string of the molecule is CNCC1(c2cc(OC)c(OC)c(OC)c2)CCC1. The fraction of sp³-hybridized carbons (Fsp3) is 0.600. The van der Waals surface area contributed by atoms with Gasteiger partial charge in [-0.05, 0) is 37.6 Å². The fourth-order valence-corrected chi connectivity index (χ4v) is 2.90. The zero-order valence-corrected chi connectivity index (χ0v) is 12.2. The summed E-state index contributed by atoms with van der Waals surface area (Å²) in [6, 6.07) is 4.16. The highest BCUT2D eigenvalue weighted by Gasteiger charge is 2.39. The molecule has 0 saturated heterocycles. The summed E-state index contributed by atoms with van der Waals surface area (Å²) in [6.45, 7) is 0.978. The van der Waals surface area contributed by atoms with Crippen LogP contribution in [0.3, 0.4) is 0 Å². The van der Waals surface area contributed by atoms with E-state index in [1.54, 1.807) is 21.3 Å². The molecule has 4 heteroatoms. The van der Waals surface area contributed by atoms with Crippen molar-refractivity contribution in [3.63, 3.8) is 0 Å². The Morgan fingerprint density at radius 3 is 1.95 bits per heavy atom. The first-order valence-corrected chi connectivity index (χ1v) is 6.66. The van der Waals surface area contributed by atoms with Crippen molar-refractivity contribution in [3.8, 4) is 17.2 Å². The van der Waals surface area contributed by atoms with Gasteiger partial charge in [0.2, 0.25) is 5.75 Å². The van der Waals surface area contributed by atoms with E-state index in [2.05, 4.69) is 17.4 Å². The van der Waals surface area contributed by atoms with Crippen LogP contribution < -0.4 is 19.5 Å². The standard InChI is InChI=1S/C15H23NO3/c1-16-10-15(6-5-7-15)11-8-12(17-2)14(19-4)13(9-11)18-3/h8-9,16H,5-7,10H2,1-4H3. The summed E-state index contributed by atoms with van der Waals surface area (Å²) in [4.78, 5) is 0. The summed E-state index contributed by atoms with van der Waals surface area (Å²) in [7, 11) is 6.95. The molecular weight excluding hydrogens is 242 g/mol. The molecule has 0 atom stereocenters. The molecule has 1 aromatic carbocycles. The summed E-state index contributed by atoms with van der Waals surface area (Å²) in [5.41, 5.74) is 1.48. The maximum absolute atomic E-state index is 5.44. The van der Waals surface area contributed by atoms with E-state index in [1.807, 2.05) is 7.05 Å². The Hall–Kier alpha value is -1.42. The van der Waals surface area contributed by atoms with Crippen molar-refractivity contribution in [2.75, 3.05) is 34.9 Å². The molecule has 0 aromatic heterocycles. The Morgan fingerprint density at radius 2 is 1.63 bits per heavy atom. The third kappa shape index (κ3) is 2.37. The highest BCUT2D eigenvalue weighted by atomic mass is 16.5. The molecule has 1 saturated carbocycles. The van der Waals surface area contributed by atoms with Crippen molar-refractivity contribution >= 4 is 0 Å². The number of hydrogen-bond donors (Lipinski definition) is 1. The molecule has 1 aromatic rings. The summed E-state index contributed by atoms with van der Waals surface area (Å²) >= 11 is 0. The first-order valence-electron chi connectivity index (χ1n) is 6.66. The maximum Gasteiger partial charge on any atom is 0.203 e. The molecule has 1 fully saturated rings. The third-order valence-corrected chi connectivity index (χ3v) is 4.10. The van der Waals surface area contributed by atoms with E-state index in [9.17, 15) is 0 Å². The number of hydrogen-bond acceptors (Lipinski definition) is 4. The first-order chi connectivity index (χ1) is 9.20. The van der Waals surface area contributed by atoms with Gasteiger partial charge < -0.3 is 19.5 Å². The van der Waals surface area contributed by atoms with E-state index in [1.165, 1.54) is 24.8 Å². The van der Waals surface area contributed by atoms with Crippen LogP contribution in [0.4, 0.5) is 0 Å². The van der Waals surface area contributed by atoms with Crippen LogP contribution in [-0.2, 0) is 5.41 Å². The molecule has 0 unspecified atom stereocenters. The molecule has 0 aliphatic heterocycles. The van der Waals surface area contributed by atoms with Gasteiger partial charge in [0.25, 0.3) is 0 Å². The van der Waals surface area contributed by atoms with Crippen molar-refractivity contribution in [1.29, 1.82) is 0 Å². The van der Waals surface area contributed by atoms with Gasteiger partial charge in [-0.3, -0.25) is 0 Å². The van der Waals surface area contributed by atoms with Gasteiger partial charge in [-0.2, -0.15) is 0 Å².